The predicted molar refractivity (Wildman–Crippen MR) is 44.9 cm³/mol. The van der Waals surface area contributed by atoms with E-state index in [2.05, 4.69) is 5.32 Å². The van der Waals surface area contributed by atoms with Crippen molar-refractivity contribution in [1.82, 2.24) is 5.32 Å². The van der Waals surface area contributed by atoms with Crippen molar-refractivity contribution in [2.75, 3.05) is 33.4 Å². The van der Waals surface area contributed by atoms with Crippen LogP contribution in [0.1, 0.15) is 12.8 Å². The summed E-state index contributed by atoms with van der Waals surface area (Å²) >= 11 is 0. The lowest BCUT2D eigenvalue weighted by molar-refractivity contribution is 0.00765. The van der Waals surface area contributed by atoms with Gasteiger partial charge in [0.25, 0.3) is 0 Å². The number of piperidine rings is 1. The van der Waals surface area contributed by atoms with Gasteiger partial charge >= 0.3 is 0 Å². The van der Waals surface area contributed by atoms with E-state index >= 15 is 0 Å². The summed E-state index contributed by atoms with van der Waals surface area (Å²) in [7, 11) is 1.72. The van der Waals surface area contributed by atoms with Gasteiger partial charge in [0.05, 0.1) is 12.0 Å². The van der Waals surface area contributed by atoms with Crippen molar-refractivity contribution in [1.29, 1.82) is 0 Å². The van der Waals surface area contributed by atoms with Crippen molar-refractivity contribution < 1.29 is 9.84 Å². The zero-order chi connectivity index (χ0) is 8.16. The van der Waals surface area contributed by atoms with Gasteiger partial charge in [0.2, 0.25) is 0 Å². The summed E-state index contributed by atoms with van der Waals surface area (Å²) in [5.41, 5.74) is 0.153. The molecule has 1 aliphatic heterocycles. The van der Waals surface area contributed by atoms with Gasteiger partial charge in [0.1, 0.15) is 0 Å². The molecule has 0 aliphatic carbocycles. The molecule has 3 N–H and O–H groups in total. The van der Waals surface area contributed by atoms with Crippen LogP contribution < -0.4 is 5.32 Å². The first-order valence-electron chi connectivity index (χ1n) is 4.17. The molecular weight excluding hydrogens is 142 g/mol. The zero-order valence-electron chi connectivity index (χ0n) is 7.15. The van der Waals surface area contributed by atoms with Crippen LogP contribution in [0, 0.1) is 5.41 Å². The average molecular weight is 160 g/mol. The van der Waals surface area contributed by atoms with E-state index in [0.29, 0.717) is 6.61 Å². The van der Waals surface area contributed by atoms with E-state index in [4.69, 9.17) is 9.84 Å². The fourth-order valence-electron chi connectivity index (χ4n) is 1.64. The maximum atomic E-state index is 7.44. The van der Waals surface area contributed by atoms with E-state index in [-0.39, 0.29) is 5.41 Å². The number of hydrogen-bond acceptors (Lipinski definition) is 2. The molecule has 0 amide bonds. The molecule has 1 fully saturated rings. The molecule has 11 heavy (non-hydrogen) atoms. The first kappa shape index (κ1) is 8.97. The molecule has 1 rings (SSSR count). The van der Waals surface area contributed by atoms with Crippen LogP contribution in [0.3, 0.4) is 0 Å². The van der Waals surface area contributed by atoms with Crippen LogP contribution in [0.2, 0.25) is 0 Å². The molecule has 0 bridgehead atoms. The largest absolute Gasteiger partial charge is 0.445 e. The van der Waals surface area contributed by atoms with Gasteiger partial charge < -0.3 is 15.2 Å². The maximum absolute atomic E-state index is 7.44. The molecule has 0 aromatic rings. The van der Waals surface area contributed by atoms with Crippen LogP contribution in [-0.2, 0) is 4.74 Å². The quantitative estimate of drug-likeness (QED) is 0.577. The second-order valence-corrected chi connectivity index (χ2v) is 3.36. The van der Waals surface area contributed by atoms with Gasteiger partial charge in [-0.3, -0.25) is 0 Å². The normalized spacial score (nSPS) is 23.5. The smallest absolute Gasteiger partial charge is 0.151 e. The lowest BCUT2D eigenvalue weighted by atomic mass is 9.80. The molecule has 66 valence electrons. The minimum absolute atomic E-state index is 0.153. The zero-order valence-corrected chi connectivity index (χ0v) is 7.15. The Bertz CT molecular complexity index is 105. The van der Waals surface area contributed by atoms with Gasteiger partial charge in [-0.2, -0.15) is 0 Å². The van der Waals surface area contributed by atoms with E-state index in [1.54, 1.807) is 7.11 Å². The fraction of sp³-hybridized carbons (Fsp3) is 1.00. The third-order valence-corrected chi connectivity index (χ3v) is 2.49. The highest BCUT2D eigenvalue weighted by atomic mass is 16.5. The number of hydrogen-bond donors (Lipinski definition) is 1. The Kier molecular flexibility index (Phi) is 3.30. The summed E-state index contributed by atoms with van der Waals surface area (Å²) in [6.45, 7) is 3.34. The molecular formula is C8H18NO2+. The first-order chi connectivity index (χ1) is 5.33. The Morgan fingerprint density at radius 2 is 2.09 bits per heavy atom. The second-order valence-electron chi connectivity index (χ2n) is 3.36. The minimum Gasteiger partial charge on any atom is -0.445 e. The van der Waals surface area contributed by atoms with E-state index in [9.17, 15) is 0 Å². The molecule has 0 unspecified atom stereocenters. The number of methoxy groups -OCH3 is 1. The molecule has 0 radical (unpaired) electrons. The highest BCUT2D eigenvalue weighted by Crippen LogP contribution is 2.27. The SMILES string of the molecule is COCC1(C[OH2+])CCNCC1. The number of nitrogens with one attached hydrogen (secondary N) is 1. The molecule has 3 heteroatoms. The summed E-state index contributed by atoms with van der Waals surface area (Å²) in [5, 5.41) is 10.7. The van der Waals surface area contributed by atoms with Crippen LogP contribution in [-0.4, -0.2) is 38.5 Å². The van der Waals surface area contributed by atoms with Gasteiger partial charge in [-0.25, -0.2) is 0 Å². The Hall–Kier alpha value is -0.120. The summed E-state index contributed by atoms with van der Waals surface area (Å²) in [5.74, 6) is 0. The molecule has 0 spiro atoms. The van der Waals surface area contributed by atoms with Gasteiger partial charge in [-0.15, -0.1) is 0 Å². The molecule has 0 aromatic heterocycles. The van der Waals surface area contributed by atoms with Crippen LogP contribution in [0.5, 0.6) is 0 Å². The summed E-state index contributed by atoms with van der Waals surface area (Å²) < 4.78 is 5.13. The van der Waals surface area contributed by atoms with Crippen LogP contribution in [0.15, 0.2) is 0 Å². The van der Waals surface area contributed by atoms with Crippen LogP contribution in [0.4, 0.5) is 0 Å². The Labute approximate surface area is 67.7 Å². The summed E-state index contributed by atoms with van der Waals surface area (Å²) in [6, 6.07) is 0. The Balaban J connectivity index is 2.42. The monoisotopic (exact) mass is 160 g/mol. The Morgan fingerprint density at radius 3 is 2.55 bits per heavy atom. The van der Waals surface area contributed by atoms with Crippen molar-refractivity contribution in [3.8, 4) is 0 Å². The van der Waals surface area contributed by atoms with Gasteiger partial charge in [0.15, 0.2) is 6.61 Å². The molecule has 0 saturated carbocycles. The average Bonchev–Trinajstić information content (AvgIpc) is 2.07. The van der Waals surface area contributed by atoms with Gasteiger partial charge in [0, 0.05) is 7.11 Å². The summed E-state index contributed by atoms with van der Waals surface area (Å²) in [6.07, 6.45) is 2.18. The third kappa shape index (κ3) is 2.15. The molecule has 1 heterocycles. The highest BCUT2D eigenvalue weighted by molar-refractivity contribution is 4.83. The summed E-state index contributed by atoms with van der Waals surface area (Å²) in [4.78, 5) is 0. The van der Waals surface area contributed by atoms with Crippen molar-refractivity contribution in [2.45, 2.75) is 12.8 Å². The second kappa shape index (κ2) is 4.04. The predicted octanol–water partition coefficient (Wildman–Crippen LogP) is -0.273. The standard InChI is InChI=1S/C8H17NO2/c1-11-7-8(6-10)2-4-9-5-3-8/h9-10H,2-7H2,1H3/p+1. The molecule has 1 saturated heterocycles. The lowest BCUT2D eigenvalue weighted by Crippen LogP contribution is -2.42. The van der Waals surface area contributed by atoms with Crippen molar-refractivity contribution >= 4 is 0 Å². The van der Waals surface area contributed by atoms with Crippen LogP contribution in [0.25, 0.3) is 0 Å². The minimum atomic E-state index is 0.153. The molecule has 0 aromatic carbocycles. The number of ether oxygens (including phenoxy) is 1. The van der Waals surface area contributed by atoms with Crippen molar-refractivity contribution in [3.63, 3.8) is 0 Å². The topological polar surface area (TPSA) is 44.2 Å². The molecule has 0 atom stereocenters. The maximum Gasteiger partial charge on any atom is 0.151 e. The van der Waals surface area contributed by atoms with Crippen LogP contribution >= 0.6 is 0 Å². The van der Waals surface area contributed by atoms with Gasteiger partial charge in [-0.05, 0) is 25.9 Å². The van der Waals surface area contributed by atoms with E-state index < -0.39 is 0 Å². The fourth-order valence-corrected chi connectivity index (χ4v) is 1.64. The lowest BCUT2D eigenvalue weighted by Gasteiger charge is -2.32. The molecule has 1 aliphatic rings. The van der Waals surface area contributed by atoms with E-state index in [1.165, 1.54) is 0 Å². The van der Waals surface area contributed by atoms with Crippen molar-refractivity contribution in [2.24, 2.45) is 5.41 Å². The van der Waals surface area contributed by atoms with Crippen molar-refractivity contribution in [3.05, 3.63) is 0 Å². The third-order valence-electron chi connectivity index (χ3n) is 2.49. The first-order valence-corrected chi connectivity index (χ1v) is 4.17. The number of rotatable bonds is 3. The van der Waals surface area contributed by atoms with E-state index in [1.807, 2.05) is 0 Å². The highest BCUT2D eigenvalue weighted by Gasteiger charge is 2.33. The van der Waals surface area contributed by atoms with Gasteiger partial charge in [-0.1, -0.05) is 0 Å². The Morgan fingerprint density at radius 1 is 1.45 bits per heavy atom. The molecule has 3 nitrogen and oxygen atoms in total. The van der Waals surface area contributed by atoms with E-state index in [0.717, 1.165) is 32.5 Å².